The standard InChI is InChI=1S/C16H20N2O3S/c1-3-21-15(19)9-13-14(22-16(20)17-13)11-18(2)10-12-7-5-4-6-8-12/h4-8H,3,9-11H2,1-2H3,(H,17,20). The number of carbonyl (C=O) groups excluding carboxylic acids is 1. The van der Waals surface area contributed by atoms with E-state index in [0.29, 0.717) is 18.8 Å². The number of nitrogens with zero attached hydrogens (tertiary/aromatic N) is 1. The van der Waals surface area contributed by atoms with E-state index >= 15 is 0 Å². The first-order chi connectivity index (χ1) is 10.6. The van der Waals surface area contributed by atoms with E-state index in [1.54, 1.807) is 6.92 Å². The first kappa shape index (κ1) is 16.5. The Hall–Kier alpha value is -1.92. The van der Waals surface area contributed by atoms with E-state index in [1.165, 1.54) is 5.56 Å². The molecule has 0 atom stereocenters. The lowest BCUT2D eigenvalue weighted by molar-refractivity contribution is -0.142. The molecular formula is C16H20N2O3S. The highest BCUT2D eigenvalue weighted by molar-refractivity contribution is 7.09. The van der Waals surface area contributed by atoms with Crippen molar-refractivity contribution in [2.75, 3.05) is 13.7 Å². The van der Waals surface area contributed by atoms with E-state index in [4.69, 9.17) is 4.74 Å². The van der Waals surface area contributed by atoms with E-state index < -0.39 is 0 Å². The number of carbonyl (C=O) groups is 1. The zero-order valence-corrected chi connectivity index (χ0v) is 13.6. The maximum Gasteiger partial charge on any atom is 0.311 e. The fraction of sp³-hybridized carbons (Fsp3) is 0.375. The third kappa shape index (κ3) is 4.82. The molecule has 2 rings (SSSR count). The number of hydrogen-bond acceptors (Lipinski definition) is 5. The van der Waals surface area contributed by atoms with Gasteiger partial charge in [0.2, 0.25) is 0 Å². The summed E-state index contributed by atoms with van der Waals surface area (Å²) < 4.78 is 4.94. The summed E-state index contributed by atoms with van der Waals surface area (Å²) in [7, 11) is 1.99. The summed E-state index contributed by atoms with van der Waals surface area (Å²) in [6, 6.07) is 10.1. The zero-order valence-electron chi connectivity index (χ0n) is 12.8. The second-order valence-corrected chi connectivity index (χ2v) is 6.12. The lowest BCUT2D eigenvalue weighted by Crippen LogP contribution is -2.18. The molecule has 1 N–H and O–H groups in total. The van der Waals surface area contributed by atoms with Gasteiger partial charge >= 0.3 is 10.8 Å². The molecule has 0 bridgehead atoms. The van der Waals surface area contributed by atoms with Crippen molar-refractivity contribution >= 4 is 17.3 Å². The Balaban J connectivity index is 2.02. The van der Waals surface area contributed by atoms with E-state index in [1.807, 2.05) is 25.2 Å². The van der Waals surface area contributed by atoms with Gasteiger partial charge in [-0.3, -0.25) is 14.5 Å². The smallest absolute Gasteiger partial charge is 0.311 e. The number of thiazole rings is 1. The van der Waals surface area contributed by atoms with Gasteiger partial charge in [0, 0.05) is 23.7 Å². The van der Waals surface area contributed by atoms with Crippen LogP contribution >= 0.6 is 11.3 Å². The Morgan fingerprint density at radius 3 is 2.68 bits per heavy atom. The summed E-state index contributed by atoms with van der Waals surface area (Å²) >= 11 is 1.15. The average Bonchev–Trinajstić information content (AvgIpc) is 2.79. The minimum atomic E-state index is -0.316. The van der Waals surface area contributed by atoms with Crippen molar-refractivity contribution in [3.63, 3.8) is 0 Å². The highest BCUT2D eigenvalue weighted by Crippen LogP contribution is 2.15. The van der Waals surface area contributed by atoms with Crippen LogP contribution in [0, 0.1) is 0 Å². The maximum absolute atomic E-state index is 11.6. The lowest BCUT2D eigenvalue weighted by atomic mass is 10.2. The molecule has 0 amide bonds. The molecule has 0 unspecified atom stereocenters. The molecule has 118 valence electrons. The molecule has 6 heteroatoms. The number of benzene rings is 1. The van der Waals surface area contributed by atoms with Crippen LogP contribution in [0.3, 0.4) is 0 Å². The molecule has 0 saturated heterocycles. The van der Waals surface area contributed by atoms with Gasteiger partial charge < -0.3 is 9.72 Å². The van der Waals surface area contributed by atoms with E-state index in [9.17, 15) is 9.59 Å². The van der Waals surface area contributed by atoms with Crippen LogP contribution in [0.2, 0.25) is 0 Å². The number of aromatic amines is 1. The summed E-state index contributed by atoms with van der Waals surface area (Å²) in [5.74, 6) is -0.316. The van der Waals surface area contributed by atoms with Crippen molar-refractivity contribution < 1.29 is 9.53 Å². The van der Waals surface area contributed by atoms with Crippen LogP contribution in [0.4, 0.5) is 0 Å². The number of aromatic nitrogens is 1. The van der Waals surface area contributed by atoms with Crippen molar-refractivity contribution in [3.05, 3.63) is 56.1 Å². The van der Waals surface area contributed by atoms with Crippen molar-refractivity contribution in [3.8, 4) is 0 Å². The largest absolute Gasteiger partial charge is 0.466 e. The Morgan fingerprint density at radius 2 is 2.00 bits per heavy atom. The number of ether oxygens (including phenoxy) is 1. The number of rotatable bonds is 7. The van der Waals surface area contributed by atoms with Crippen molar-refractivity contribution in [1.29, 1.82) is 0 Å². The predicted molar refractivity (Wildman–Crippen MR) is 86.9 cm³/mol. The summed E-state index contributed by atoms with van der Waals surface area (Å²) in [4.78, 5) is 28.8. The SMILES string of the molecule is CCOC(=O)Cc1[nH]c(=O)sc1CN(C)Cc1ccccc1. The normalized spacial score (nSPS) is 10.9. The number of esters is 1. The van der Waals surface area contributed by atoms with Crippen molar-refractivity contribution in [1.82, 2.24) is 9.88 Å². The number of H-pyrrole nitrogens is 1. The molecule has 2 aromatic rings. The van der Waals surface area contributed by atoms with Gasteiger partial charge in [-0.2, -0.15) is 0 Å². The van der Waals surface area contributed by atoms with Crippen LogP contribution in [0.1, 0.15) is 23.1 Å². The molecule has 0 fully saturated rings. The second kappa shape index (κ2) is 7.91. The van der Waals surface area contributed by atoms with Gasteiger partial charge in [0.25, 0.3) is 0 Å². The summed E-state index contributed by atoms with van der Waals surface area (Å²) in [6.45, 7) is 3.51. The molecule has 0 aliphatic heterocycles. The van der Waals surface area contributed by atoms with Crippen molar-refractivity contribution in [2.45, 2.75) is 26.4 Å². The lowest BCUT2D eigenvalue weighted by Gasteiger charge is -2.16. The van der Waals surface area contributed by atoms with E-state index in [2.05, 4.69) is 22.0 Å². The fourth-order valence-electron chi connectivity index (χ4n) is 2.21. The molecule has 22 heavy (non-hydrogen) atoms. The van der Waals surface area contributed by atoms with Crippen LogP contribution in [-0.2, 0) is 29.0 Å². The Kier molecular flexibility index (Phi) is 5.91. The summed E-state index contributed by atoms with van der Waals surface area (Å²) in [5, 5.41) is 0. The van der Waals surface area contributed by atoms with E-state index in [0.717, 1.165) is 22.8 Å². The minimum Gasteiger partial charge on any atom is -0.466 e. The topological polar surface area (TPSA) is 62.4 Å². The van der Waals surface area contributed by atoms with Crippen molar-refractivity contribution in [2.24, 2.45) is 0 Å². The van der Waals surface area contributed by atoms with Gasteiger partial charge in [0.15, 0.2) is 0 Å². The second-order valence-electron chi connectivity index (χ2n) is 5.06. The van der Waals surface area contributed by atoms with Gasteiger partial charge in [0.05, 0.1) is 13.0 Å². The molecule has 0 radical (unpaired) electrons. The molecule has 0 spiro atoms. The summed E-state index contributed by atoms with van der Waals surface area (Å²) in [5.41, 5.74) is 1.87. The van der Waals surface area contributed by atoms with Crippen LogP contribution in [0.15, 0.2) is 35.1 Å². The molecule has 0 aliphatic carbocycles. The van der Waals surface area contributed by atoms with E-state index in [-0.39, 0.29) is 17.3 Å². The third-order valence-corrected chi connectivity index (χ3v) is 4.05. The number of nitrogens with one attached hydrogen (secondary N) is 1. The highest BCUT2D eigenvalue weighted by atomic mass is 32.1. The minimum absolute atomic E-state index is 0.112. The van der Waals surface area contributed by atoms with Crippen LogP contribution in [0.25, 0.3) is 0 Å². The average molecular weight is 320 g/mol. The monoisotopic (exact) mass is 320 g/mol. The predicted octanol–water partition coefficient (Wildman–Crippen LogP) is 2.17. The molecule has 0 aliphatic rings. The van der Waals surface area contributed by atoms with Crippen LogP contribution in [-0.4, -0.2) is 29.5 Å². The van der Waals surface area contributed by atoms with Gasteiger partial charge in [-0.25, -0.2) is 0 Å². The molecular weight excluding hydrogens is 300 g/mol. The first-order valence-electron chi connectivity index (χ1n) is 7.17. The zero-order chi connectivity index (χ0) is 15.9. The molecule has 1 heterocycles. The Bertz CT molecular complexity index is 664. The fourth-order valence-corrected chi connectivity index (χ4v) is 3.14. The molecule has 1 aromatic heterocycles. The van der Waals surface area contributed by atoms with Crippen LogP contribution < -0.4 is 4.87 Å². The number of hydrogen-bond donors (Lipinski definition) is 1. The first-order valence-corrected chi connectivity index (χ1v) is 7.99. The van der Waals surface area contributed by atoms with Crippen LogP contribution in [0.5, 0.6) is 0 Å². The summed E-state index contributed by atoms with van der Waals surface area (Å²) in [6.07, 6.45) is 0.112. The molecule has 0 saturated carbocycles. The highest BCUT2D eigenvalue weighted by Gasteiger charge is 2.14. The van der Waals surface area contributed by atoms with Gasteiger partial charge in [-0.1, -0.05) is 41.7 Å². The van der Waals surface area contributed by atoms with Gasteiger partial charge in [-0.15, -0.1) is 0 Å². The maximum atomic E-state index is 11.6. The molecule has 5 nitrogen and oxygen atoms in total. The van der Waals surface area contributed by atoms with Gasteiger partial charge in [-0.05, 0) is 19.5 Å². The quantitative estimate of drug-likeness (QED) is 0.794. The Morgan fingerprint density at radius 1 is 1.27 bits per heavy atom. The van der Waals surface area contributed by atoms with Gasteiger partial charge in [0.1, 0.15) is 0 Å². The Labute approximate surface area is 133 Å². The molecule has 1 aromatic carbocycles. The third-order valence-electron chi connectivity index (χ3n) is 3.14.